The lowest BCUT2D eigenvalue weighted by atomic mass is 10.1. The lowest BCUT2D eigenvalue weighted by Crippen LogP contribution is -2.54. The highest BCUT2D eigenvalue weighted by Gasteiger charge is 2.34. The molecule has 9 heteroatoms. The zero-order valence-corrected chi connectivity index (χ0v) is 21.0. The molecule has 0 aliphatic carbocycles. The van der Waals surface area contributed by atoms with E-state index in [-0.39, 0.29) is 22.9 Å². The van der Waals surface area contributed by atoms with E-state index in [0.717, 1.165) is 17.5 Å². The summed E-state index contributed by atoms with van der Waals surface area (Å²) < 4.78 is 11.3. The molecule has 1 saturated heterocycles. The van der Waals surface area contributed by atoms with Crippen molar-refractivity contribution in [2.24, 2.45) is 0 Å². The standard InChI is InChI=1S/C28H24N2O6S/c1-3-17-6-11-21(12-7-17)30-26(32)22(25(31)29-28(30)37)14-19-8-13-23(24(15-19)35-2)36-16-18-4-9-20(10-5-18)27(33)34/h4-15H,3,16H2,1-2H3,(H,33,34)(H,29,31,37)/b22-14+. The van der Waals surface area contributed by atoms with Crippen LogP contribution in [0.15, 0.2) is 72.3 Å². The highest BCUT2D eigenvalue weighted by Crippen LogP contribution is 2.30. The molecule has 1 fully saturated rings. The van der Waals surface area contributed by atoms with Crippen molar-refractivity contribution in [2.45, 2.75) is 20.0 Å². The largest absolute Gasteiger partial charge is 0.493 e. The van der Waals surface area contributed by atoms with Crippen LogP contribution in [0.3, 0.4) is 0 Å². The van der Waals surface area contributed by atoms with Gasteiger partial charge in [-0.2, -0.15) is 0 Å². The van der Waals surface area contributed by atoms with Gasteiger partial charge in [0, 0.05) is 0 Å². The van der Waals surface area contributed by atoms with Gasteiger partial charge in [-0.1, -0.05) is 37.3 Å². The van der Waals surface area contributed by atoms with Crippen LogP contribution in [0.2, 0.25) is 0 Å². The molecule has 37 heavy (non-hydrogen) atoms. The second kappa shape index (κ2) is 11.0. The minimum Gasteiger partial charge on any atom is -0.493 e. The number of carbonyl (C=O) groups excluding carboxylic acids is 2. The number of aromatic carboxylic acids is 1. The predicted molar refractivity (Wildman–Crippen MR) is 143 cm³/mol. The molecular formula is C28H24N2O6S. The second-order valence-electron chi connectivity index (χ2n) is 8.18. The number of carboxylic acid groups (broad SMARTS) is 1. The summed E-state index contributed by atoms with van der Waals surface area (Å²) in [6.45, 7) is 2.23. The Morgan fingerprint density at radius 3 is 2.30 bits per heavy atom. The molecule has 1 aliphatic rings. The Hall–Kier alpha value is -4.50. The molecular weight excluding hydrogens is 492 g/mol. The third-order valence-corrected chi connectivity index (χ3v) is 6.08. The van der Waals surface area contributed by atoms with Crippen molar-refractivity contribution in [3.63, 3.8) is 0 Å². The van der Waals surface area contributed by atoms with E-state index in [1.54, 1.807) is 42.5 Å². The van der Waals surface area contributed by atoms with Gasteiger partial charge in [0.15, 0.2) is 16.6 Å². The Bertz CT molecular complexity index is 1400. The van der Waals surface area contributed by atoms with Gasteiger partial charge in [-0.3, -0.25) is 19.8 Å². The van der Waals surface area contributed by atoms with Crippen LogP contribution in [-0.2, 0) is 22.6 Å². The Kier molecular flexibility index (Phi) is 7.64. The minimum absolute atomic E-state index is 0.0223. The van der Waals surface area contributed by atoms with Crippen molar-refractivity contribution < 1.29 is 29.0 Å². The van der Waals surface area contributed by atoms with Crippen LogP contribution in [0.4, 0.5) is 5.69 Å². The maximum absolute atomic E-state index is 13.3. The third kappa shape index (κ3) is 5.68. The highest BCUT2D eigenvalue weighted by atomic mass is 32.1. The number of aryl methyl sites for hydroxylation is 1. The number of carboxylic acids is 1. The van der Waals surface area contributed by atoms with Gasteiger partial charge in [-0.15, -0.1) is 0 Å². The van der Waals surface area contributed by atoms with E-state index in [1.807, 2.05) is 19.1 Å². The molecule has 188 valence electrons. The first kappa shape index (κ1) is 25.6. The van der Waals surface area contributed by atoms with Crippen LogP contribution in [0.5, 0.6) is 11.5 Å². The van der Waals surface area contributed by atoms with Crippen molar-refractivity contribution in [1.82, 2.24) is 5.32 Å². The number of anilines is 1. The number of rotatable bonds is 8. The number of ether oxygens (including phenoxy) is 2. The fourth-order valence-electron chi connectivity index (χ4n) is 3.74. The van der Waals surface area contributed by atoms with Gasteiger partial charge in [0.2, 0.25) is 0 Å². The Morgan fingerprint density at radius 2 is 1.68 bits per heavy atom. The second-order valence-corrected chi connectivity index (χ2v) is 8.57. The van der Waals surface area contributed by atoms with E-state index in [4.69, 9.17) is 26.8 Å². The van der Waals surface area contributed by atoms with E-state index in [1.165, 1.54) is 30.2 Å². The Balaban J connectivity index is 1.55. The van der Waals surface area contributed by atoms with Crippen LogP contribution < -0.4 is 19.7 Å². The van der Waals surface area contributed by atoms with Gasteiger partial charge < -0.3 is 14.6 Å². The molecule has 3 aromatic rings. The maximum Gasteiger partial charge on any atom is 0.335 e. The molecule has 0 aromatic heterocycles. The number of nitrogens with one attached hydrogen (secondary N) is 1. The zero-order valence-electron chi connectivity index (χ0n) is 20.2. The molecule has 1 aliphatic heterocycles. The number of nitrogens with zero attached hydrogens (tertiary/aromatic N) is 1. The molecule has 8 nitrogen and oxygen atoms in total. The molecule has 0 saturated carbocycles. The number of carbonyl (C=O) groups is 3. The van der Waals surface area contributed by atoms with Crippen LogP contribution in [0.25, 0.3) is 6.08 Å². The summed E-state index contributed by atoms with van der Waals surface area (Å²) in [6, 6.07) is 18.8. The van der Waals surface area contributed by atoms with Crippen LogP contribution in [0.1, 0.15) is 34.0 Å². The number of hydrogen-bond donors (Lipinski definition) is 2. The van der Waals surface area contributed by atoms with Crippen molar-refractivity contribution in [3.05, 3.63) is 94.6 Å². The molecule has 3 aromatic carbocycles. The van der Waals surface area contributed by atoms with Crippen molar-refractivity contribution in [2.75, 3.05) is 12.0 Å². The first-order chi connectivity index (χ1) is 17.8. The molecule has 0 bridgehead atoms. The van der Waals surface area contributed by atoms with E-state index in [2.05, 4.69) is 5.32 Å². The van der Waals surface area contributed by atoms with Gasteiger partial charge in [0.1, 0.15) is 12.2 Å². The topological polar surface area (TPSA) is 105 Å². The van der Waals surface area contributed by atoms with Gasteiger partial charge in [-0.05, 0) is 77.8 Å². The Labute approximate surface area is 219 Å². The van der Waals surface area contributed by atoms with Crippen LogP contribution in [-0.4, -0.2) is 35.1 Å². The lowest BCUT2D eigenvalue weighted by Gasteiger charge is -2.29. The molecule has 0 unspecified atom stereocenters. The summed E-state index contributed by atoms with van der Waals surface area (Å²) >= 11 is 5.27. The summed E-state index contributed by atoms with van der Waals surface area (Å²) in [7, 11) is 1.49. The molecule has 0 radical (unpaired) electrons. The highest BCUT2D eigenvalue weighted by molar-refractivity contribution is 7.80. The van der Waals surface area contributed by atoms with E-state index < -0.39 is 17.8 Å². The smallest absolute Gasteiger partial charge is 0.335 e. The van der Waals surface area contributed by atoms with Gasteiger partial charge in [0.05, 0.1) is 18.4 Å². The lowest BCUT2D eigenvalue weighted by molar-refractivity contribution is -0.122. The molecule has 2 amide bonds. The fraction of sp³-hybridized carbons (Fsp3) is 0.143. The van der Waals surface area contributed by atoms with Crippen molar-refractivity contribution in [1.29, 1.82) is 0 Å². The Morgan fingerprint density at radius 1 is 1.00 bits per heavy atom. The molecule has 4 rings (SSSR count). The van der Waals surface area contributed by atoms with E-state index in [0.29, 0.717) is 22.7 Å². The average molecular weight is 517 g/mol. The molecule has 0 spiro atoms. The van der Waals surface area contributed by atoms with Gasteiger partial charge in [-0.25, -0.2) is 4.79 Å². The third-order valence-electron chi connectivity index (χ3n) is 5.80. The number of methoxy groups -OCH3 is 1. The first-order valence-electron chi connectivity index (χ1n) is 11.4. The summed E-state index contributed by atoms with van der Waals surface area (Å²) in [4.78, 5) is 38.2. The maximum atomic E-state index is 13.3. The quantitative estimate of drug-likeness (QED) is 0.260. The summed E-state index contributed by atoms with van der Waals surface area (Å²) in [5, 5.41) is 11.6. The zero-order chi connectivity index (χ0) is 26.5. The fourth-order valence-corrected chi connectivity index (χ4v) is 4.02. The summed E-state index contributed by atoms with van der Waals surface area (Å²) in [5.74, 6) is -1.25. The van der Waals surface area contributed by atoms with E-state index >= 15 is 0 Å². The summed E-state index contributed by atoms with van der Waals surface area (Å²) in [6.07, 6.45) is 2.34. The van der Waals surface area contributed by atoms with Crippen molar-refractivity contribution >= 4 is 46.9 Å². The van der Waals surface area contributed by atoms with Crippen molar-refractivity contribution in [3.8, 4) is 11.5 Å². The monoisotopic (exact) mass is 516 g/mol. The first-order valence-corrected chi connectivity index (χ1v) is 11.8. The predicted octanol–water partition coefficient (Wildman–Crippen LogP) is 4.37. The van der Waals surface area contributed by atoms with Gasteiger partial charge in [0.25, 0.3) is 11.8 Å². The summed E-state index contributed by atoms with van der Waals surface area (Å²) in [5.41, 5.74) is 3.15. The van der Waals surface area contributed by atoms with Gasteiger partial charge >= 0.3 is 5.97 Å². The number of thiocarbonyl (C=S) groups is 1. The normalized spacial score (nSPS) is 14.5. The molecule has 1 heterocycles. The van der Waals surface area contributed by atoms with Crippen LogP contribution in [0, 0.1) is 0 Å². The number of benzene rings is 3. The SMILES string of the molecule is CCc1ccc(N2C(=O)/C(=C/c3ccc(OCc4ccc(C(=O)O)cc4)c(OC)c3)C(=O)NC2=S)cc1. The number of amides is 2. The molecule has 0 atom stereocenters. The average Bonchev–Trinajstić information content (AvgIpc) is 2.90. The minimum atomic E-state index is -0.997. The number of hydrogen-bond acceptors (Lipinski definition) is 6. The van der Waals surface area contributed by atoms with E-state index in [9.17, 15) is 14.4 Å². The van der Waals surface area contributed by atoms with Crippen LogP contribution >= 0.6 is 12.2 Å². The molecule has 2 N–H and O–H groups in total.